The zero-order valence-corrected chi connectivity index (χ0v) is 65.5. The third-order valence-corrected chi connectivity index (χ3v) is 21.5. The molecule has 0 bridgehead atoms. The number of aromatic nitrogens is 14. The maximum atomic E-state index is 9.33. The fourth-order valence-corrected chi connectivity index (χ4v) is 15.6. The van der Waals surface area contributed by atoms with Gasteiger partial charge in [-0.2, -0.15) is 0 Å². The molecular formula is C104H72BBrN14O2. The second-order valence-corrected chi connectivity index (χ2v) is 29.7. The van der Waals surface area contributed by atoms with Crippen molar-refractivity contribution in [3.63, 3.8) is 0 Å². The average molecular weight is 1640 g/mol. The zero-order chi connectivity index (χ0) is 80.4. The Bertz CT molecular complexity index is 7580. The van der Waals surface area contributed by atoms with E-state index >= 15 is 0 Å². The molecule has 10 aromatic heterocycles. The van der Waals surface area contributed by atoms with E-state index in [2.05, 4.69) is 170 Å². The molecule has 22 rings (SSSR count). The smallest absolute Gasteiger partial charge is 0.423 e. The van der Waals surface area contributed by atoms with Gasteiger partial charge in [-0.15, -0.1) is 0 Å². The van der Waals surface area contributed by atoms with Crippen molar-refractivity contribution >= 4 is 116 Å². The lowest BCUT2D eigenvalue weighted by atomic mass is 9.79. The molecule has 16 nitrogen and oxygen atoms in total. The van der Waals surface area contributed by atoms with E-state index in [4.69, 9.17) is 54.8 Å². The third kappa shape index (κ3) is 16.0. The first kappa shape index (κ1) is 77.6. The number of hydrogen-bond donors (Lipinski definition) is 2. The van der Waals surface area contributed by atoms with Crippen LogP contribution < -0.4 is 5.46 Å². The van der Waals surface area contributed by atoms with E-state index in [1.165, 1.54) is 0 Å². The summed E-state index contributed by atoms with van der Waals surface area (Å²) < 4.78 is 0.913. The minimum atomic E-state index is -1.49. The Kier molecular flexibility index (Phi) is 21.7. The van der Waals surface area contributed by atoms with Gasteiger partial charge < -0.3 is 10.0 Å². The maximum absolute atomic E-state index is 9.33. The molecule has 10 heterocycles. The summed E-state index contributed by atoms with van der Waals surface area (Å²) in [5, 5.41) is 27.0. The van der Waals surface area contributed by atoms with Gasteiger partial charge >= 0.3 is 7.12 Å². The Morgan fingerprint density at radius 2 is 0.434 bits per heavy atom. The Morgan fingerprint density at radius 3 is 0.787 bits per heavy atom. The molecule has 0 saturated carbocycles. The van der Waals surface area contributed by atoms with Crippen LogP contribution in [0.4, 0.5) is 0 Å². The molecule has 0 aliphatic carbocycles. The van der Waals surface area contributed by atoms with Gasteiger partial charge in [0.2, 0.25) is 0 Å². The van der Waals surface area contributed by atoms with Gasteiger partial charge in [0, 0.05) is 122 Å². The Hall–Kier alpha value is -15.6. The van der Waals surface area contributed by atoms with Crippen molar-refractivity contribution in [3.8, 4) is 124 Å². The summed E-state index contributed by atoms with van der Waals surface area (Å²) in [5.41, 5.74) is 21.9. The molecule has 0 amide bonds. The highest BCUT2D eigenvalue weighted by Crippen LogP contribution is 2.39. The van der Waals surface area contributed by atoms with Crippen molar-refractivity contribution in [2.75, 3.05) is 0 Å². The predicted molar refractivity (Wildman–Crippen MR) is 499 cm³/mol. The van der Waals surface area contributed by atoms with Gasteiger partial charge in [0.25, 0.3) is 0 Å². The summed E-state index contributed by atoms with van der Waals surface area (Å²) in [6.45, 7) is 0. The van der Waals surface area contributed by atoms with Crippen molar-refractivity contribution in [1.29, 1.82) is 0 Å². The van der Waals surface area contributed by atoms with Gasteiger partial charge in [-0.3, -0.25) is 19.9 Å². The molecule has 22 aromatic rings. The topological polar surface area (TPSA) is 221 Å². The first-order valence-corrected chi connectivity index (χ1v) is 39.8. The number of hydrogen-bond acceptors (Lipinski definition) is 16. The Balaban J connectivity index is 0.000000137. The van der Waals surface area contributed by atoms with E-state index in [-0.39, 0.29) is 14.9 Å². The molecular weight excluding hydrogens is 1570 g/mol. The second kappa shape index (κ2) is 34.2. The highest BCUT2D eigenvalue weighted by atomic mass is 79.9. The molecule has 0 atom stereocenters. The molecule has 0 unspecified atom stereocenters. The van der Waals surface area contributed by atoms with Gasteiger partial charge in [0.15, 0.2) is 34.9 Å². The highest BCUT2D eigenvalue weighted by molar-refractivity contribution is 9.10. The number of nitrogens with zero attached hydrogens (tertiary/aromatic N) is 14. The van der Waals surface area contributed by atoms with Crippen molar-refractivity contribution in [2.45, 2.75) is 14.9 Å². The molecule has 0 radical (unpaired) electrons. The first-order chi connectivity index (χ1) is 59.1. The zero-order valence-electron chi connectivity index (χ0n) is 63.9. The van der Waals surface area contributed by atoms with Crippen molar-refractivity contribution in [1.82, 2.24) is 69.8 Å². The number of halogens is 1. The van der Waals surface area contributed by atoms with E-state index in [1.54, 1.807) is 24.4 Å². The molecule has 2 N–H and O–H groups in total. The molecule has 580 valence electrons. The molecule has 0 aliphatic rings. The highest BCUT2D eigenvalue weighted by Gasteiger charge is 2.21. The van der Waals surface area contributed by atoms with Gasteiger partial charge in [0.1, 0.15) is 0 Å². The SMILES string of the molecule is Brc1cc(-c2ccc3ccc4cccnc4c3n2)cc(-c2nc(-c3ccccc3)nc(-c3ccccc3)n2)c1.C.C.OB(O)c1cccc(-c2ccc3ccc4cccnc4c3n2)c1.c1ccc(-c2nc(-c3ccccc3)nc(-c3cc(-c4cccc(-c5ccc6ccc7cccnc7c6n5)c4)cc(-c4ccc5ccc6cccnc6c5n4)c3)n2)cc1. The van der Waals surface area contributed by atoms with Crippen LogP contribution in [0.15, 0.2) is 381 Å². The van der Waals surface area contributed by atoms with Crippen LogP contribution in [0.5, 0.6) is 0 Å². The predicted octanol–water partition coefficient (Wildman–Crippen LogP) is 23.9. The normalized spacial score (nSPS) is 11.1. The van der Waals surface area contributed by atoms with Crippen molar-refractivity contribution in [3.05, 3.63) is 381 Å². The second-order valence-electron chi connectivity index (χ2n) is 28.8. The molecule has 0 aliphatic heterocycles. The van der Waals surface area contributed by atoms with Gasteiger partial charge in [-0.1, -0.05) is 292 Å². The maximum Gasteiger partial charge on any atom is 0.488 e. The lowest BCUT2D eigenvalue weighted by Crippen LogP contribution is -2.29. The fraction of sp³-hybridized carbons (Fsp3) is 0.0192. The number of fused-ring (bicyclic) bond motifs is 12. The van der Waals surface area contributed by atoms with Crippen LogP contribution in [0.2, 0.25) is 0 Å². The van der Waals surface area contributed by atoms with E-state index in [0.29, 0.717) is 40.4 Å². The lowest BCUT2D eigenvalue weighted by molar-refractivity contribution is 0.426. The summed E-state index contributed by atoms with van der Waals surface area (Å²) in [4.78, 5) is 68.5. The van der Waals surface area contributed by atoms with E-state index in [9.17, 15) is 10.0 Å². The number of pyridine rings is 8. The summed E-state index contributed by atoms with van der Waals surface area (Å²) in [5.74, 6) is 3.62. The van der Waals surface area contributed by atoms with Gasteiger partial charge in [-0.25, -0.2) is 49.8 Å². The average Bonchev–Trinajstić information content (AvgIpc) is 0.777. The number of rotatable bonds is 12. The quantitative estimate of drug-likeness (QED) is 0.0857. The molecule has 0 spiro atoms. The molecule has 122 heavy (non-hydrogen) atoms. The molecule has 12 aromatic carbocycles. The summed E-state index contributed by atoms with van der Waals surface area (Å²) in [7, 11) is -1.49. The largest absolute Gasteiger partial charge is 0.488 e. The Labute approximate surface area is 711 Å². The van der Waals surface area contributed by atoms with Crippen LogP contribution in [-0.2, 0) is 0 Å². The fourth-order valence-electron chi connectivity index (χ4n) is 15.1. The monoisotopic (exact) mass is 1640 g/mol. The minimum absolute atomic E-state index is 0. The van der Waals surface area contributed by atoms with Gasteiger partial charge in [0.05, 0.1) is 66.9 Å². The van der Waals surface area contributed by atoms with Crippen molar-refractivity contribution in [2.24, 2.45) is 0 Å². The van der Waals surface area contributed by atoms with Crippen molar-refractivity contribution < 1.29 is 10.0 Å². The summed E-state index contributed by atoms with van der Waals surface area (Å²) in [6.07, 6.45) is 7.21. The Morgan fingerprint density at radius 1 is 0.189 bits per heavy atom. The first-order valence-electron chi connectivity index (χ1n) is 39.0. The van der Waals surface area contributed by atoms with E-state index in [1.807, 2.05) is 213 Å². The molecule has 18 heteroatoms. The van der Waals surface area contributed by atoms with E-state index < -0.39 is 7.12 Å². The molecule has 0 saturated heterocycles. The van der Waals surface area contributed by atoms with Crippen LogP contribution in [0.3, 0.4) is 0 Å². The van der Waals surface area contributed by atoms with Crippen LogP contribution in [0.1, 0.15) is 14.9 Å². The van der Waals surface area contributed by atoms with Crippen LogP contribution in [0, 0.1) is 0 Å². The minimum Gasteiger partial charge on any atom is -0.423 e. The van der Waals surface area contributed by atoms with Gasteiger partial charge in [-0.05, 0) is 113 Å². The molecule has 0 fully saturated rings. The van der Waals surface area contributed by atoms with Crippen LogP contribution in [-0.4, -0.2) is 86.9 Å². The van der Waals surface area contributed by atoms with E-state index in [0.717, 1.165) is 181 Å². The van der Waals surface area contributed by atoms with Crippen LogP contribution in [0.25, 0.3) is 212 Å². The summed E-state index contributed by atoms with van der Waals surface area (Å²) >= 11 is 3.71. The van der Waals surface area contributed by atoms with Crippen LogP contribution >= 0.6 is 15.9 Å². The number of benzene rings is 12. The lowest BCUT2D eigenvalue weighted by Gasteiger charge is -2.13. The summed E-state index contributed by atoms with van der Waals surface area (Å²) in [6, 6.07) is 117. The third-order valence-electron chi connectivity index (χ3n) is 21.0. The standard InChI is InChI=1S/C51H31N7.C33H20BrN5.C18H13BN2O2.2CH4/c1-3-10-36(11-4-1)49-56-50(37-12-5-2-6-13-37)58-51(57-49)42-30-40(29-41(31-42)44-25-23-35-21-19-33-17-9-27-53-46(33)48(35)55-44)38-14-7-15-39(28-38)43-24-22-34-20-18-32-16-8-26-52-45(32)47(34)54-43;34-27-19-25(28-16-15-22-14-13-21-12-7-17-35-29(21)30(22)36-28)18-26(20-27)33-38-31(23-8-3-1-4-9-23)37-32(39-33)24-10-5-2-6-11-24;22-19(23)15-5-1-3-14(11-15)16-9-8-13-7-6-12-4-2-10-20-17(12)18(13)21-16;;/h1-31H;1-20H;1-11,22-23H;2*1H4.